The van der Waals surface area contributed by atoms with Crippen molar-refractivity contribution in [2.45, 2.75) is 45.3 Å². The molecule has 4 heteroatoms. The van der Waals surface area contributed by atoms with Crippen LogP contribution in [0.15, 0.2) is 48.5 Å². The third-order valence-electron chi connectivity index (χ3n) is 7.61. The van der Waals surface area contributed by atoms with Crippen LogP contribution in [-0.4, -0.2) is 41.2 Å². The molecule has 4 nitrogen and oxygen atoms in total. The Balaban J connectivity index is 1.61. The zero-order chi connectivity index (χ0) is 21.5. The minimum Gasteiger partial charge on any atom is -0.497 e. The molecule has 2 bridgehead atoms. The van der Waals surface area contributed by atoms with Crippen LogP contribution in [0.1, 0.15) is 43.4 Å². The van der Waals surface area contributed by atoms with Gasteiger partial charge in [0.15, 0.2) is 0 Å². The lowest BCUT2D eigenvalue weighted by Crippen LogP contribution is -2.55. The minimum absolute atomic E-state index is 0.170. The van der Waals surface area contributed by atoms with Gasteiger partial charge in [-0.15, -0.1) is 0 Å². The van der Waals surface area contributed by atoms with Crippen molar-refractivity contribution in [1.29, 1.82) is 0 Å². The summed E-state index contributed by atoms with van der Waals surface area (Å²) in [6.45, 7) is 6.62. The van der Waals surface area contributed by atoms with Gasteiger partial charge in [0.2, 0.25) is 0 Å². The first-order chi connectivity index (χ1) is 15.1. The lowest BCUT2D eigenvalue weighted by atomic mass is 9.72. The van der Waals surface area contributed by atoms with Crippen molar-refractivity contribution < 1.29 is 9.84 Å². The van der Waals surface area contributed by atoms with Crippen LogP contribution < -0.4 is 4.74 Å². The number of aromatic nitrogens is 1. The first-order valence-corrected chi connectivity index (χ1v) is 11.6. The van der Waals surface area contributed by atoms with Gasteiger partial charge < -0.3 is 9.84 Å². The summed E-state index contributed by atoms with van der Waals surface area (Å²) in [7, 11) is 1.68. The summed E-state index contributed by atoms with van der Waals surface area (Å²) >= 11 is 0. The zero-order valence-electron chi connectivity index (χ0n) is 18.7. The van der Waals surface area contributed by atoms with Gasteiger partial charge in [-0.2, -0.15) is 0 Å². The molecule has 0 spiro atoms. The quantitative estimate of drug-likeness (QED) is 0.607. The molecule has 2 aromatic carbocycles. The molecule has 0 saturated carbocycles. The summed E-state index contributed by atoms with van der Waals surface area (Å²) in [6.07, 6.45) is 3.03. The molecule has 3 aromatic rings. The molecule has 2 unspecified atom stereocenters. The monoisotopic (exact) mass is 416 g/mol. The maximum atomic E-state index is 11.7. The van der Waals surface area contributed by atoms with Crippen molar-refractivity contribution in [2.75, 3.05) is 20.2 Å². The SMILES string of the molecule is CC[C@H]1CN2CC[C@H]1CC2[C@H](O)c1cc(-c2ccccc2C)nc2ccc(OC)cc12. The number of fused-ring (bicyclic) bond motifs is 4. The Hall–Kier alpha value is -2.43. The Morgan fingerprint density at radius 2 is 2.03 bits per heavy atom. The van der Waals surface area contributed by atoms with Gasteiger partial charge in [0.1, 0.15) is 5.75 Å². The standard InChI is InChI=1S/C27H32N2O2/c1-4-18-16-29-12-11-19(18)13-26(29)27(30)23-15-25(21-8-6-5-7-17(21)2)28-24-10-9-20(31-3)14-22(23)24/h5-10,14-15,18-19,26-27,30H,4,11-13,16H2,1-3H3/t18-,19-,26?,27+/m0/s1. The van der Waals surface area contributed by atoms with E-state index < -0.39 is 6.10 Å². The molecule has 3 aliphatic rings. The third-order valence-corrected chi connectivity index (χ3v) is 7.61. The Morgan fingerprint density at radius 1 is 1.19 bits per heavy atom. The predicted molar refractivity (Wildman–Crippen MR) is 125 cm³/mol. The van der Waals surface area contributed by atoms with Crippen LogP contribution in [0.2, 0.25) is 0 Å². The third kappa shape index (κ3) is 3.62. The molecule has 162 valence electrons. The van der Waals surface area contributed by atoms with Crippen LogP contribution in [0.3, 0.4) is 0 Å². The predicted octanol–water partition coefficient (Wildman–Crippen LogP) is 5.37. The van der Waals surface area contributed by atoms with E-state index in [1.807, 2.05) is 18.2 Å². The fraction of sp³-hybridized carbons (Fsp3) is 0.444. The number of nitrogens with zero attached hydrogens (tertiary/aromatic N) is 2. The van der Waals surface area contributed by atoms with Crippen molar-refractivity contribution in [3.63, 3.8) is 0 Å². The van der Waals surface area contributed by atoms with E-state index in [1.54, 1.807) is 7.11 Å². The molecular weight excluding hydrogens is 384 g/mol. The number of hydrogen-bond donors (Lipinski definition) is 1. The van der Waals surface area contributed by atoms with Crippen LogP contribution in [0.4, 0.5) is 0 Å². The highest BCUT2D eigenvalue weighted by Crippen LogP contribution is 2.43. The van der Waals surface area contributed by atoms with Crippen LogP contribution in [0, 0.1) is 18.8 Å². The second-order valence-electron chi connectivity index (χ2n) is 9.25. The molecule has 3 fully saturated rings. The zero-order valence-corrected chi connectivity index (χ0v) is 18.7. The Kier molecular flexibility index (Phi) is 5.45. The molecule has 0 radical (unpaired) electrons. The van der Waals surface area contributed by atoms with E-state index in [0.29, 0.717) is 0 Å². The van der Waals surface area contributed by atoms with Gasteiger partial charge in [-0.25, -0.2) is 4.98 Å². The number of piperidine rings is 3. The van der Waals surface area contributed by atoms with E-state index in [-0.39, 0.29) is 6.04 Å². The van der Waals surface area contributed by atoms with E-state index >= 15 is 0 Å². The number of pyridine rings is 1. The number of hydrogen-bond acceptors (Lipinski definition) is 4. The Bertz CT molecular complexity index is 1100. The molecule has 5 atom stereocenters. The number of benzene rings is 2. The summed E-state index contributed by atoms with van der Waals surface area (Å²) in [5, 5.41) is 12.7. The maximum Gasteiger partial charge on any atom is 0.119 e. The number of aryl methyl sites for hydroxylation is 1. The fourth-order valence-corrected chi connectivity index (χ4v) is 5.78. The summed E-state index contributed by atoms with van der Waals surface area (Å²) in [5.74, 6) is 2.30. The van der Waals surface area contributed by atoms with Crippen molar-refractivity contribution >= 4 is 10.9 Å². The normalized spacial score (nSPS) is 26.2. The van der Waals surface area contributed by atoms with Crippen molar-refractivity contribution in [2.24, 2.45) is 11.8 Å². The van der Waals surface area contributed by atoms with Crippen molar-refractivity contribution in [3.8, 4) is 17.0 Å². The highest BCUT2D eigenvalue weighted by molar-refractivity contribution is 5.87. The van der Waals surface area contributed by atoms with Gasteiger partial charge in [0.25, 0.3) is 0 Å². The lowest BCUT2D eigenvalue weighted by molar-refractivity contribution is -0.0562. The minimum atomic E-state index is -0.541. The van der Waals surface area contributed by atoms with E-state index in [4.69, 9.17) is 9.72 Å². The summed E-state index contributed by atoms with van der Waals surface area (Å²) in [4.78, 5) is 7.49. The summed E-state index contributed by atoms with van der Waals surface area (Å²) in [6, 6.07) is 16.6. The van der Waals surface area contributed by atoms with Crippen LogP contribution >= 0.6 is 0 Å². The summed E-state index contributed by atoms with van der Waals surface area (Å²) in [5.41, 5.74) is 5.10. The van der Waals surface area contributed by atoms with E-state index in [1.165, 1.54) is 18.4 Å². The van der Waals surface area contributed by atoms with E-state index in [2.05, 4.69) is 49.1 Å². The fourth-order valence-electron chi connectivity index (χ4n) is 5.78. The average molecular weight is 417 g/mol. The lowest BCUT2D eigenvalue weighted by Gasteiger charge is -2.51. The van der Waals surface area contributed by atoms with Gasteiger partial charge in [0.05, 0.1) is 24.4 Å². The molecule has 31 heavy (non-hydrogen) atoms. The topological polar surface area (TPSA) is 45.6 Å². The Labute approximate surface area is 184 Å². The number of rotatable bonds is 5. The highest BCUT2D eigenvalue weighted by atomic mass is 16.5. The molecule has 0 amide bonds. The molecule has 1 N–H and O–H groups in total. The Morgan fingerprint density at radius 3 is 2.74 bits per heavy atom. The second kappa shape index (κ2) is 8.25. The van der Waals surface area contributed by atoms with Crippen LogP contribution in [0.5, 0.6) is 5.75 Å². The number of methoxy groups -OCH3 is 1. The number of ether oxygens (including phenoxy) is 1. The van der Waals surface area contributed by atoms with E-state index in [9.17, 15) is 5.11 Å². The van der Waals surface area contributed by atoms with Gasteiger partial charge in [-0.3, -0.25) is 4.90 Å². The van der Waals surface area contributed by atoms with Crippen LogP contribution in [0.25, 0.3) is 22.2 Å². The second-order valence-corrected chi connectivity index (χ2v) is 9.25. The molecular formula is C27H32N2O2. The molecule has 3 aliphatic heterocycles. The molecule has 1 aromatic heterocycles. The van der Waals surface area contributed by atoms with Gasteiger partial charge >= 0.3 is 0 Å². The number of aliphatic hydroxyl groups is 1. The maximum absolute atomic E-state index is 11.7. The van der Waals surface area contributed by atoms with Crippen molar-refractivity contribution in [1.82, 2.24) is 9.88 Å². The largest absolute Gasteiger partial charge is 0.497 e. The van der Waals surface area contributed by atoms with Gasteiger partial charge in [-0.1, -0.05) is 37.6 Å². The highest BCUT2D eigenvalue weighted by Gasteiger charge is 2.42. The van der Waals surface area contributed by atoms with Crippen molar-refractivity contribution in [3.05, 3.63) is 59.7 Å². The average Bonchev–Trinajstić information content (AvgIpc) is 2.83. The molecule has 6 rings (SSSR count). The van der Waals surface area contributed by atoms with Crippen LogP contribution in [-0.2, 0) is 0 Å². The molecule has 3 saturated heterocycles. The van der Waals surface area contributed by atoms with E-state index in [0.717, 1.165) is 64.8 Å². The molecule has 4 heterocycles. The molecule has 0 aliphatic carbocycles. The number of aliphatic hydroxyl groups excluding tert-OH is 1. The smallest absolute Gasteiger partial charge is 0.119 e. The first kappa shape index (κ1) is 20.5. The first-order valence-electron chi connectivity index (χ1n) is 11.6. The van der Waals surface area contributed by atoms with Gasteiger partial charge in [0, 0.05) is 23.5 Å². The van der Waals surface area contributed by atoms with Gasteiger partial charge in [-0.05, 0) is 73.5 Å². The summed E-state index contributed by atoms with van der Waals surface area (Å²) < 4.78 is 5.49.